The van der Waals surface area contributed by atoms with Crippen molar-refractivity contribution in [1.29, 1.82) is 0 Å². The summed E-state index contributed by atoms with van der Waals surface area (Å²) in [5.74, 6) is -0.369. The molecular weight excluding hydrogens is 445 g/mol. The van der Waals surface area contributed by atoms with Gasteiger partial charge in [0.25, 0.3) is 5.56 Å². The molecule has 162 valence electrons. The quantitative estimate of drug-likeness (QED) is 0.335. The topological polar surface area (TPSA) is 64.0 Å². The number of halogens is 1. The van der Waals surface area contributed by atoms with Gasteiger partial charge in [0, 0.05) is 5.56 Å². The van der Waals surface area contributed by atoms with Gasteiger partial charge in [0.15, 0.2) is 5.16 Å². The van der Waals surface area contributed by atoms with Crippen molar-refractivity contribution >= 4 is 39.2 Å². The normalized spacial score (nSPS) is 15.1. The first-order chi connectivity index (χ1) is 15.6. The molecule has 1 unspecified atom stereocenters. The number of benzene rings is 2. The highest BCUT2D eigenvalue weighted by molar-refractivity contribution is 7.99. The Morgan fingerprint density at radius 2 is 2.00 bits per heavy atom. The molecular formula is C24H20FN3O2S2. The van der Waals surface area contributed by atoms with Crippen LogP contribution in [0.2, 0.25) is 0 Å². The van der Waals surface area contributed by atoms with Crippen molar-refractivity contribution in [2.45, 2.75) is 30.6 Å². The summed E-state index contributed by atoms with van der Waals surface area (Å²) in [4.78, 5) is 30.4. The number of thiophene rings is 1. The van der Waals surface area contributed by atoms with Gasteiger partial charge in [-0.2, -0.15) is 0 Å². The molecule has 0 saturated heterocycles. The number of thioether (sulfide) groups is 1. The van der Waals surface area contributed by atoms with Crippen LogP contribution in [-0.4, -0.2) is 21.2 Å². The lowest BCUT2D eigenvalue weighted by atomic mass is 10.1. The van der Waals surface area contributed by atoms with Crippen LogP contribution in [0.1, 0.15) is 29.2 Å². The largest absolute Gasteiger partial charge is 0.349 e. The van der Waals surface area contributed by atoms with E-state index < -0.39 is 0 Å². The zero-order chi connectivity index (χ0) is 22.1. The van der Waals surface area contributed by atoms with Crippen molar-refractivity contribution in [3.8, 4) is 0 Å². The van der Waals surface area contributed by atoms with Gasteiger partial charge in [0.1, 0.15) is 10.5 Å². The minimum Gasteiger partial charge on any atom is -0.349 e. The molecule has 1 aliphatic carbocycles. The van der Waals surface area contributed by atoms with Crippen LogP contribution in [0, 0.1) is 5.82 Å². The number of hydrogen-bond acceptors (Lipinski definition) is 5. The molecule has 2 aromatic carbocycles. The van der Waals surface area contributed by atoms with E-state index in [4.69, 9.17) is 0 Å². The molecule has 4 aromatic rings. The lowest BCUT2D eigenvalue weighted by molar-refractivity contribution is -0.119. The third-order valence-corrected chi connectivity index (χ3v) is 7.49. The zero-order valence-electron chi connectivity index (χ0n) is 17.1. The molecule has 0 saturated carbocycles. The van der Waals surface area contributed by atoms with Gasteiger partial charge in [-0.05, 0) is 41.5 Å². The van der Waals surface area contributed by atoms with Crippen molar-refractivity contribution in [2.75, 3.05) is 5.75 Å². The van der Waals surface area contributed by atoms with Crippen molar-refractivity contribution in [1.82, 2.24) is 14.9 Å². The van der Waals surface area contributed by atoms with Crippen LogP contribution in [-0.2, 0) is 17.8 Å². The van der Waals surface area contributed by atoms with Crippen LogP contribution in [0.5, 0.6) is 0 Å². The predicted molar refractivity (Wildman–Crippen MR) is 126 cm³/mol. The summed E-state index contributed by atoms with van der Waals surface area (Å²) >= 11 is 2.51. The number of nitrogens with one attached hydrogen (secondary N) is 1. The minimum atomic E-state index is -0.376. The second kappa shape index (κ2) is 8.88. The molecule has 1 amide bonds. The van der Waals surface area contributed by atoms with Gasteiger partial charge in [-0.3, -0.25) is 14.2 Å². The van der Waals surface area contributed by atoms with E-state index in [2.05, 4.69) is 22.4 Å². The summed E-state index contributed by atoms with van der Waals surface area (Å²) in [7, 11) is 0. The predicted octanol–water partition coefficient (Wildman–Crippen LogP) is 4.54. The lowest BCUT2D eigenvalue weighted by Gasteiger charge is -2.15. The van der Waals surface area contributed by atoms with Crippen LogP contribution in [0.25, 0.3) is 10.2 Å². The molecule has 1 atom stereocenters. The van der Waals surface area contributed by atoms with Crippen LogP contribution >= 0.6 is 23.1 Å². The highest BCUT2D eigenvalue weighted by Gasteiger charge is 2.24. The third kappa shape index (κ3) is 4.08. The minimum absolute atomic E-state index is 0.00669. The molecule has 5 nitrogen and oxygen atoms in total. The summed E-state index contributed by atoms with van der Waals surface area (Å²) < 4.78 is 16.2. The Morgan fingerprint density at radius 1 is 1.19 bits per heavy atom. The molecule has 0 bridgehead atoms. The van der Waals surface area contributed by atoms with Gasteiger partial charge < -0.3 is 5.32 Å². The van der Waals surface area contributed by atoms with E-state index in [0.717, 1.165) is 12.8 Å². The van der Waals surface area contributed by atoms with Gasteiger partial charge in [0.2, 0.25) is 5.91 Å². The van der Waals surface area contributed by atoms with Gasteiger partial charge in [-0.15, -0.1) is 11.3 Å². The fourth-order valence-corrected chi connectivity index (χ4v) is 5.63. The first-order valence-corrected chi connectivity index (χ1v) is 12.2. The van der Waals surface area contributed by atoms with E-state index in [9.17, 15) is 14.0 Å². The Bertz CT molecular complexity index is 1360. The molecule has 5 rings (SSSR count). The number of rotatable bonds is 6. The van der Waals surface area contributed by atoms with E-state index in [0.29, 0.717) is 20.9 Å². The van der Waals surface area contributed by atoms with Gasteiger partial charge in [0.05, 0.1) is 23.9 Å². The number of carbonyl (C=O) groups excluding carboxylic acids is 1. The lowest BCUT2D eigenvalue weighted by Crippen LogP contribution is -2.29. The first kappa shape index (κ1) is 20.9. The average molecular weight is 466 g/mol. The van der Waals surface area contributed by atoms with Crippen LogP contribution in [0.3, 0.4) is 0 Å². The Kier molecular flexibility index (Phi) is 5.80. The average Bonchev–Trinajstić information content (AvgIpc) is 3.43. The number of hydrogen-bond donors (Lipinski definition) is 1. The van der Waals surface area contributed by atoms with E-state index in [1.54, 1.807) is 24.3 Å². The van der Waals surface area contributed by atoms with Crippen molar-refractivity contribution < 1.29 is 9.18 Å². The van der Waals surface area contributed by atoms with Gasteiger partial charge in [-0.1, -0.05) is 54.2 Å². The Labute approximate surface area is 192 Å². The first-order valence-electron chi connectivity index (χ1n) is 10.3. The number of nitrogens with zero attached hydrogens (tertiary/aromatic N) is 2. The molecule has 2 heterocycles. The third-order valence-electron chi connectivity index (χ3n) is 5.62. The molecule has 8 heteroatoms. The standard InChI is InChI=1S/C24H20FN3O2S2/c25-18-8-4-2-6-16(18)13-28-23(30)22-20(11-12-31-22)27-24(28)32-14-21(29)26-19-10-9-15-5-1-3-7-17(15)19/h1-8,11-12,19H,9-10,13-14H2,(H,26,29). The Morgan fingerprint density at radius 3 is 2.88 bits per heavy atom. The van der Waals surface area contributed by atoms with E-state index in [1.165, 1.54) is 44.9 Å². The van der Waals surface area contributed by atoms with Crippen LogP contribution in [0.15, 0.2) is 69.9 Å². The second-order valence-corrected chi connectivity index (χ2v) is 9.52. The van der Waals surface area contributed by atoms with E-state index >= 15 is 0 Å². The molecule has 0 aliphatic heterocycles. The highest BCUT2D eigenvalue weighted by Crippen LogP contribution is 2.31. The fraction of sp³-hybridized carbons (Fsp3) is 0.208. The van der Waals surface area contributed by atoms with Crippen molar-refractivity contribution in [3.05, 3.63) is 92.8 Å². The SMILES string of the molecule is O=C(CSc1nc2ccsc2c(=O)n1Cc1ccccc1F)NC1CCc2ccccc21. The summed E-state index contributed by atoms with van der Waals surface area (Å²) in [5.41, 5.74) is 3.22. The van der Waals surface area contributed by atoms with E-state index in [-0.39, 0.29) is 35.6 Å². The van der Waals surface area contributed by atoms with Crippen molar-refractivity contribution in [3.63, 3.8) is 0 Å². The number of aromatic nitrogens is 2. The molecule has 1 N–H and O–H groups in total. The molecule has 32 heavy (non-hydrogen) atoms. The molecule has 0 fully saturated rings. The number of carbonyl (C=O) groups is 1. The highest BCUT2D eigenvalue weighted by atomic mass is 32.2. The monoisotopic (exact) mass is 465 g/mol. The number of amides is 1. The maximum atomic E-state index is 14.3. The summed E-state index contributed by atoms with van der Waals surface area (Å²) in [6.07, 6.45) is 1.83. The second-order valence-electron chi connectivity index (χ2n) is 7.66. The summed E-state index contributed by atoms with van der Waals surface area (Å²) in [5, 5.41) is 5.32. The van der Waals surface area contributed by atoms with Gasteiger partial charge >= 0.3 is 0 Å². The number of fused-ring (bicyclic) bond motifs is 2. The van der Waals surface area contributed by atoms with Gasteiger partial charge in [-0.25, -0.2) is 9.37 Å². The smallest absolute Gasteiger partial charge is 0.272 e. The van der Waals surface area contributed by atoms with Crippen molar-refractivity contribution in [2.24, 2.45) is 0 Å². The fourth-order valence-electron chi connectivity index (χ4n) is 4.04. The molecule has 2 aromatic heterocycles. The Balaban J connectivity index is 1.37. The molecule has 1 aliphatic rings. The maximum Gasteiger partial charge on any atom is 0.272 e. The summed E-state index contributed by atoms with van der Waals surface area (Å²) in [6.45, 7) is 0.0618. The van der Waals surface area contributed by atoms with Crippen LogP contribution in [0.4, 0.5) is 4.39 Å². The molecule has 0 radical (unpaired) electrons. The zero-order valence-corrected chi connectivity index (χ0v) is 18.7. The summed E-state index contributed by atoms with van der Waals surface area (Å²) in [6, 6.07) is 16.3. The van der Waals surface area contributed by atoms with Crippen LogP contribution < -0.4 is 10.9 Å². The maximum absolute atomic E-state index is 14.3. The Hall–Kier alpha value is -2.97. The number of aryl methyl sites for hydroxylation is 1. The molecule has 0 spiro atoms. The van der Waals surface area contributed by atoms with E-state index in [1.807, 2.05) is 17.5 Å².